The maximum absolute atomic E-state index is 6.35. The van der Waals surface area contributed by atoms with Gasteiger partial charge in [0, 0.05) is 40.3 Å². The Morgan fingerprint density at radius 3 is 2.48 bits per heavy atom. The van der Waals surface area contributed by atoms with Crippen LogP contribution in [0.5, 0.6) is 17.6 Å². The molecule has 1 unspecified atom stereocenters. The number of para-hydroxylation sites is 1. The highest BCUT2D eigenvalue weighted by molar-refractivity contribution is 8.00. The number of benzene rings is 2. The van der Waals surface area contributed by atoms with Gasteiger partial charge in [-0.25, -0.2) is 15.0 Å². The van der Waals surface area contributed by atoms with Gasteiger partial charge in [0.1, 0.15) is 11.2 Å². The van der Waals surface area contributed by atoms with Gasteiger partial charge in [-0.05, 0) is 48.5 Å². The molecule has 2 aromatic carbocycles. The van der Waals surface area contributed by atoms with Gasteiger partial charge in [-0.3, -0.25) is 0 Å². The van der Waals surface area contributed by atoms with E-state index in [1.807, 2.05) is 48.5 Å². The fraction of sp³-hybridized carbons (Fsp3) is 0.0870. The van der Waals surface area contributed by atoms with Crippen LogP contribution in [0.15, 0.2) is 84.1 Å². The van der Waals surface area contributed by atoms with E-state index in [1.54, 1.807) is 30.4 Å². The third-order valence-electron chi connectivity index (χ3n) is 4.85. The zero-order valence-corrected chi connectivity index (χ0v) is 17.5. The van der Waals surface area contributed by atoms with E-state index >= 15 is 0 Å². The lowest BCUT2D eigenvalue weighted by atomic mass is 10.1. The lowest BCUT2D eigenvalue weighted by Gasteiger charge is -2.23. The summed E-state index contributed by atoms with van der Waals surface area (Å²) >= 11 is 1.64. The second-order valence-corrected chi connectivity index (χ2v) is 7.92. The summed E-state index contributed by atoms with van der Waals surface area (Å²) < 4.78 is 11.1. The fourth-order valence-corrected chi connectivity index (χ4v) is 4.45. The second-order valence-electron chi connectivity index (χ2n) is 6.76. The van der Waals surface area contributed by atoms with Gasteiger partial charge in [0.15, 0.2) is 0 Å². The predicted molar refractivity (Wildman–Crippen MR) is 121 cm³/mol. The van der Waals surface area contributed by atoms with Crippen LogP contribution in [-0.4, -0.2) is 27.6 Å². The number of methoxy groups -OCH3 is 1. The Labute approximate surface area is 183 Å². The summed E-state index contributed by atoms with van der Waals surface area (Å²) in [5.74, 6) is 1.15. The topological polar surface area (TPSA) is 86.4 Å². The van der Waals surface area contributed by atoms with Gasteiger partial charge in [0.25, 0.3) is 0 Å². The van der Waals surface area contributed by atoms with Crippen molar-refractivity contribution in [1.29, 1.82) is 0 Å². The normalized spacial score (nSPS) is 14.9. The molecule has 4 aromatic rings. The molecule has 7 nitrogen and oxygen atoms in total. The zero-order chi connectivity index (χ0) is 21.2. The summed E-state index contributed by atoms with van der Waals surface area (Å²) in [7, 11) is 1.53. The number of fused-ring (bicyclic) bond motifs is 1. The first-order valence-electron chi connectivity index (χ1n) is 9.63. The minimum absolute atomic E-state index is 0.165. The molecule has 2 N–H and O–H groups in total. The number of anilines is 2. The van der Waals surface area contributed by atoms with Gasteiger partial charge < -0.3 is 20.1 Å². The number of pyridine rings is 1. The molecule has 0 aliphatic carbocycles. The molecule has 2 aromatic heterocycles. The molecule has 0 saturated carbocycles. The first-order chi connectivity index (χ1) is 15.2. The Morgan fingerprint density at radius 1 is 0.935 bits per heavy atom. The Bertz CT molecular complexity index is 1200. The van der Waals surface area contributed by atoms with E-state index in [2.05, 4.69) is 32.0 Å². The SMILES string of the molecule is COc1ncc(-c2cccnc2Oc2ccc(N3c4ccccc4SC3N)cc2)cn1. The van der Waals surface area contributed by atoms with Crippen LogP contribution in [0.4, 0.5) is 11.4 Å². The molecular weight excluding hydrogens is 410 g/mol. The van der Waals surface area contributed by atoms with Crippen LogP contribution in [-0.2, 0) is 0 Å². The lowest BCUT2D eigenvalue weighted by molar-refractivity contribution is 0.380. The first kappa shape index (κ1) is 19.3. The van der Waals surface area contributed by atoms with Crippen LogP contribution < -0.4 is 20.1 Å². The van der Waals surface area contributed by atoms with E-state index in [-0.39, 0.29) is 5.50 Å². The highest BCUT2D eigenvalue weighted by atomic mass is 32.2. The molecule has 31 heavy (non-hydrogen) atoms. The van der Waals surface area contributed by atoms with Crippen LogP contribution in [0.1, 0.15) is 0 Å². The summed E-state index contributed by atoms with van der Waals surface area (Å²) in [4.78, 5) is 16.0. The Kier molecular flexibility index (Phi) is 5.15. The van der Waals surface area contributed by atoms with Crippen LogP contribution in [0.2, 0.25) is 0 Å². The average molecular weight is 430 g/mol. The number of hydrogen-bond acceptors (Lipinski definition) is 8. The van der Waals surface area contributed by atoms with E-state index in [9.17, 15) is 0 Å². The van der Waals surface area contributed by atoms with Crippen molar-refractivity contribution in [2.75, 3.05) is 12.0 Å². The Morgan fingerprint density at radius 2 is 1.71 bits per heavy atom. The monoisotopic (exact) mass is 429 g/mol. The Hall–Kier alpha value is -3.62. The molecule has 0 bridgehead atoms. The zero-order valence-electron chi connectivity index (χ0n) is 16.7. The highest BCUT2D eigenvalue weighted by Gasteiger charge is 2.28. The van der Waals surface area contributed by atoms with Gasteiger partial charge in [0.2, 0.25) is 5.88 Å². The molecule has 0 fully saturated rings. The smallest absolute Gasteiger partial charge is 0.316 e. The molecule has 5 rings (SSSR count). The van der Waals surface area contributed by atoms with Gasteiger partial charge in [-0.15, -0.1) is 0 Å². The molecule has 1 aliphatic heterocycles. The molecule has 0 radical (unpaired) electrons. The minimum Gasteiger partial charge on any atom is -0.467 e. The maximum atomic E-state index is 6.35. The van der Waals surface area contributed by atoms with Crippen molar-refractivity contribution in [3.05, 3.63) is 79.3 Å². The number of hydrogen-bond donors (Lipinski definition) is 1. The van der Waals surface area contributed by atoms with E-state index < -0.39 is 0 Å². The first-order valence-corrected chi connectivity index (χ1v) is 10.5. The largest absolute Gasteiger partial charge is 0.467 e. The number of thioether (sulfide) groups is 1. The predicted octanol–water partition coefficient (Wildman–Crippen LogP) is 4.83. The van der Waals surface area contributed by atoms with Gasteiger partial charge in [0.05, 0.1) is 12.8 Å². The van der Waals surface area contributed by atoms with Crippen molar-refractivity contribution in [3.8, 4) is 28.8 Å². The standard InChI is InChI=1S/C23H19N5O2S/c1-29-23-26-13-15(14-27-23)18-5-4-12-25-21(18)30-17-10-8-16(9-11-17)28-19-6-2-3-7-20(19)31-22(28)24/h2-14,22H,24H2,1H3. The second kappa shape index (κ2) is 8.25. The number of aromatic nitrogens is 3. The maximum Gasteiger partial charge on any atom is 0.316 e. The van der Waals surface area contributed by atoms with Crippen molar-refractivity contribution < 1.29 is 9.47 Å². The van der Waals surface area contributed by atoms with Crippen LogP contribution in [0, 0.1) is 0 Å². The third-order valence-corrected chi connectivity index (χ3v) is 5.90. The van der Waals surface area contributed by atoms with E-state index in [1.165, 1.54) is 12.0 Å². The minimum atomic E-state index is -0.165. The van der Waals surface area contributed by atoms with Crippen molar-refractivity contribution >= 4 is 23.1 Å². The van der Waals surface area contributed by atoms with Crippen LogP contribution >= 0.6 is 11.8 Å². The average Bonchev–Trinajstić information content (AvgIpc) is 3.16. The van der Waals surface area contributed by atoms with Gasteiger partial charge >= 0.3 is 6.01 Å². The molecule has 154 valence electrons. The van der Waals surface area contributed by atoms with Crippen LogP contribution in [0.25, 0.3) is 11.1 Å². The van der Waals surface area contributed by atoms with E-state index in [4.69, 9.17) is 15.2 Å². The Balaban J connectivity index is 1.40. The summed E-state index contributed by atoms with van der Waals surface area (Å²) in [6.07, 6.45) is 5.06. The molecule has 3 heterocycles. The molecule has 8 heteroatoms. The highest BCUT2D eigenvalue weighted by Crippen LogP contribution is 2.45. The summed E-state index contributed by atoms with van der Waals surface area (Å²) in [6, 6.07) is 20.1. The van der Waals surface area contributed by atoms with Gasteiger partial charge in [-0.2, -0.15) is 0 Å². The van der Waals surface area contributed by atoms with E-state index in [0.29, 0.717) is 17.6 Å². The summed E-state index contributed by atoms with van der Waals surface area (Å²) in [6.45, 7) is 0. The molecule has 1 atom stereocenters. The fourth-order valence-electron chi connectivity index (χ4n) is 3.40. The molecular formula is C23H19N5O2S. The summed E-state index contributed by atoms with van der Waals surface area (Å²) in [5, 5.41) is 0. The molecule has 0 amide bonds. The lowest BCUT2D eigenvalue weighted by Crippen LogP contribution is -2.31. The molecule has 0 spiro atoms. The quantitative estimate of drug-likeness (QED) is 0.483. The number of nitrogens with zero attached hydrogens (tertiary/aromatic N) is 4. The number of nitrogens with two attached hydrogens (primary N) is 1. The van der Waals surface area contributed by atoms with Crippen LogP contribution in [0.3, 0.4) is 0 Å². The van der Waals surface area contributed by atoms with Crippen molar-refractivity contribution in [3.63, 3.8) is 0 Å². The van der Waals surface area contributed by atoms with E-state index in [0.717, 1.165) is 22.5 Å². The van der Waals surface area contributed by atoms with Crippen molar-refractivity contribution in [1.82, 2.24) is 15.0 Å². The van der Waals surface area contributed by atoms with Crippen molar-refractivity contribution in [2.45, 2.75) is 10.4 Å². The van der Waals surface area contributed by atoms with Crippen molar-refractivity contribution in [2.24, 2.45) is 5.73 Å². The molecule has 1 aliphatic rings. The molecule has 0 saturated heterocycles. The van der Waals surface area contributed by atoms with Gasteiger partial charge in [-0.1, -0.05) is 23.9 Å². The number of rotatable bonds is 5. The number of ether oxygens (including phenoxy) is 2. The summed E-state index contributed by atoms with van der Waals surface area (Å²) in [5.41, 5.74) is 9.88. The third kappa shape index (κ3) is 3.78.